The maximum Gasteiger partial charge on any atom is 0.269 e. The summed E-state index contributed by atoms with van der Waals surface area (Å²) in [6.07, 6.45) is 0. The van der Waals surface area contributed by atoms with Crippen LogP contribution in [-0.2, 0) is 0 Å². The summed E-state index contributed by atoms with van der Waals surface area (Å²) in [7, 11) is 1.62. The number of fused-ring (bicyclic) bond motifs is 1. The van der Waals surface area contributed by atoms with E-state index in [1.54, 1.807) is 7.11 Å². The number of hydrogen-bond donors (Lipinski definition) is 2. The number of benzene rings is 2. The minimum absolute atomic E-state index is 0.158. The second-order valence-electron chi connectivity index (χ2n) is 6.04. The zero-order valence-corrected chi connectivity index (χ0v) is 20.2. The van der Waals surface area contributed by atoms with E-state index in [0.717, 1.165) is 31.6 Å². The van der Waals surface area contributed by atoms with Gasteiger partial charge in [0.1, 0.15) is 10.6 Å². The molecule has 0 bridgehead atoms. The monoisotopic (exact) mass is 537 g/mol. The molecule has 4 rings (SSSR count). The molecule has 10 heteroatoms. The van der Waals surface area contributed by atoms with Gasteiger partial charge in [0.05, 0.1) is 22.3 Å². The normalized spacial score (nSPS) is 10.8. The van der Waals surface area contributed by atoms with Gasteiger partial charge in [0.2, 0.25) is 0 Å². The molecule has 0 atom stereocenters. The number of aromatic nitrogens is 1. The fraction of sp³-hybridized carbons (Fsp3) is 0.0500. The number of thiocarbonyl (C=S) groups is 1. The number of thiophene rings is 1. The molecule has 0 radical (unpaired) electrons. The van der Waals surface area contributed by atoms with Gasteiger partial charge in [0.25, 0.3) is 5.91 Å². The third-order valence-corrected chi connectivity index (χ3v) is 7.40. The second-order valence-corrected chi connectivity index (χ2v) is 9.59. The molecule has 0 aliphatic rings. The Hall–Kier alpha value is -2.04. The van der Waals surface area contributed by atoms with Gasteiger partial charge in [0.15, 0.2) is 10.2 Å². The van der Waals surface area contributed by atoms with Gasteiger partial charge in [-0.25, -0.2) is 4.98 Å². The molecule has 2 heterocycles. The minimum atomic E-state index is -0.352. The Kier molecular flexibility index (Phi) is 6.35. The van der Waals surface area contributed by atoms with E-state index in [2.05, 4.69) is 31.5 Å². The van der Waals surface area contributed by atoms with Crippen molar-refractivity contribution in [3.05, 3.63) is 62.2 Å². The van der Waals surface area contributed by atoms with Crippen LogP contribution in [0, 0.1) is 0 Å². The summed E-state index contributed by atoms with van der Waals surface area (Å²) in [6.45, 7) is 0. The summed E-state index contributed by atoms with van der Waals surface area (Å²) in [6, 6.07) is 13.3. The van der Waals surface area contributed by atoms with Crippen molar-refractivity contribution in [3.8, 4) is 17.0 Å². The average Bonchev–Trinajstić information content (AvgIpc) is 3.33. The first-order chi connectivity index (χ1) is 14.5. The first-order valence-electron chi connectivity index (χ1n) is 8.55. The highest BCUT2D eigenvalue weighted by Crippen LogP contribution is 2.35. The summed E-state index contributed by atoms with van der Waals surface area (Å²) in [5, 5.41) is 9.54. The molecule has 0 aliphatic heterocycles. The van der Waals surface area contributed by atoms with Crippen LogP contribution in [0.15, 0.2) is 52.3 Å². The molecule has 0 unspecified atom stereocenters. The van der Waals surface area contributed by atoms with E-state index < -0.39 is 0 Å². The third-order valence-electron chi connectivity index (χ3n) is 4.14. The molecule has 5 nitrogen and oxygen atoms in total. The molecule has 0 spiro atoms. The van der Waals surface area contributed by atoms with Gasteiger partial charge >= 0.3 is 0 Å². The van der Waals surface area contributed by atoms with Crippen molar-refractivity contribution in [3.63, 3.8) is 0 Å². The zero-order chi connectivity index (χ0) is 21.3. The number of ether oxygens (including phenoxy) is 1. The standard InChI is InChI=1S/C20H13BrClN3O2S3/c1-27-14-7-6-10(8-12(14)21)13-9-29-20(23-13)25-19(28)24-18(26)17-16(22)11-4-2-3-5-15(11)30-17/h2-9H,1H3,(H2,23,24,25,26,28). The number of thiazole rings is 1. The van der Waals surface area contributed by atoms with Crippen LogP contribution in [0.3, 0.4) is 0 Å². The molecule has 2 aromatic carbocycles. The summed E-state index contributed by atoms with van der Waals surface area (Å²) in [5.41, 5.74) is 1.71. The number of carbonyl (C=O) groups excluding carboxylic acids is 1. The topological polar surface area (TPSA) is 63.2 Å². The molecular formula is C20H13BrClN3O2S3. The molecule has 152 valence electrons. The average molecular weight is 539 g/mol. The highest BCUT2D eigenvalue weighted by molar-refractivity contribution is 9.10. The number of methoxy groups -OCH3 is 1. The van der Waals surface area contributed by atoms with E-state index in [4.69, 9.17) is 28.6 Å². The van der Waals surface area contributed by atoms with E-state index in [1.165, 1.54) is 22.7 Å². The van der Waals surface area contributed by atoms with Crippen LogP contribution in [0.25, 0.3) is 21.3 Å². The molecular weight excluding hydrogens is 526 g/mol. The van der Waals surface area contributed by atoms with Crippen molar-refractivity contribution in [2.24, 2.45) is 0 Å². The van der Waals surface area contributed by atoms with Gasteiger partial charge in [-0.2, -0.15) is 0 Å². The Morgan fingerprint density at radius 3 is 2.80 bits per heavy atom. The molecule has 0 saturated carbocycles. The number of halogens is 2. The van der Waals surface area contributed by atoms with E-state index in [0.29, 0.717) is 15.0 Å². The number of nitrogens with one attached hydrogen (secondary N) is 2. The Bertz CT molecular complexity index is 1270. The fourth-order valence-electron chi connectivity index (χ4n) is 2.74. The van der Waals surface area contributed by atoms with Crippen LogP contribution >= 0.6 is 62.4 Å². The third kappa shape index (κ3) is 4.35. The van der Waals surface area contributed by atoms with Gasteiger partial charge in [-0.3, -0.25) is 10.1 Å². The predicted octanol–water partition coefficient (Wildman–Crippen LogP) is 6.58. The van der Waals surface area contributed by atoms with Crippen LogP contribution in [-0.4, -0.2) is 23.1 Å². The van der Waals surface area contributed by atoms with Gasteiger partial charge in [0, 0.05) is 21.0 Å². The lowest BCUT2D eigenvalue weighted by Gasteiger charge is -2.06. The van der Waals surface area contributed by atoms with E-state index in [9.17, 15) is 4.79 Å². The second kappa shape index (κ2) is 8.99. The fourth-order valence-corrected chi connectivity index (χ4v) is 5.67. The zero-order valence-electron chi connectivity index (χ0n) is 15.4. The molecule has 0 aliphatic carbocycles. The van der Waals surface area contributed by atoms with Gasteiger partial charge in [-0.1, -0.05) is 29.8 Å². The van der Waals surface area contributed by atoms with Crippen molar-refractivity contribution >= 4 is 88.7 Å². The molecule has 2 aromatic heterocycles. The van der Waals surface area contributed by atoms with E-state index in [1.807, 2.05) is 47.8 Å². The van der Waals surface area contributed by atoms with Crippen LogP contribution in [0.5, 0.6) is 5.75 Å². The van der Waals surface area contributed by atoms with Crippen LogP contribution in [0.1, 0.15) is 9.67 Å². The van der Waals surface area contributed by atoms with Crippen molar-refractivity contribution in [2.75, 3.05) is 12.4 Å². The number of carbonyl (C=O) groups is 1. The van der Waals surface area contributed by atoms with Gasteiger partial charge in [-0.15, -0.1) is 22.7 Å². The summed E-state index contributed by atoms with van der Waals surface area (Å²) in [4.78, 5) is 17.6. The Morgan fingerprint density at radius 1 is 1.27 bits per heavy atom. The molecule has 30 heavy (non-hydrogen) atoms. The quantitative estimate of drug-likeness (QED) is 0.288. The smallest absolute Gasteiger partial charge is 0.269 e. The number of anilines is 1. The van der Waals surface area contributed by atoms with Crippen molar-refractivity contribution in [1.29, 1.82) is 0 Å². The maximum absolute atomic E-state index is 12.6. The van der Waals surface area contributed by atoms with Gasteiger partial charge in [-0.05, 0) is 52.4 Å². The lowest BCUT2D eigenvalue weighted by Crippen LogP contribution is -2.33. The largest absolute Gasteiger partial charge is 0.496 e. The molecule has 2 N–H and O–H groups in total. The summed E-state index contributed by atoms with van der Waals surface area (Å²) < 4.78 is 7.04. The summed E-state index contributed by atoms with van der Waals surface area (Å²) >= 11 is 17.8. The first kappa shape index (κ1) is 21.2. The molecule has 1 amide bonds. The van der Waals surface area contributed by atoms with Crippen molar-refractivity contribution < 1.29 is 9.53 Å². The molecule has 0 fully saturated rings. The number of hydrogen-bond acceptors (Lipinski definition) is 6. The Balaban J connectivity index is 1.45. The van der Waals surface area contributed by atoms with Crippen LogP contribution in [0.2, 0.25) is 5.02 Å². The SMILES string of the molecule is COc1ccc(-c2csc(NC(=S)NC(=O)c3sc4ccccc4c3Cl)n2)cc1Br. The highest BCUT2D eigenvalue weighted by atomic mass is 79.9. The Morgan fingerprint density at radius 2 is 2.07 bits per heavy atom. The van der Waals surface area contributed by atoms with E-state index >= 15 is 0 Å². The number of nitrogens with zero attached hydrogens (tertiary/aromatic N) is 1. The summed E-state index contributed by atoms with van der Waals surface area (Å²) in [5.74, 6) is 0.394. The highest BCUT2D eigenvalue weighted by Gasteiger charge is 2.18. The lowest BCUT2D eigenvalue weighted by molar-refractivity contribution is 0.0982. The molecule has 0 saturated heterocycles. The minimum Gasteiger partial charge on any atom is -0.496 e. The first-order valence-corrected chi connectivity index (χ1v) is 11.8. The number of rotatable bonds is 4. The maximum atomic E-state index is 12.6. The number of amides is 1. The van der Waals surface area contributed by atoms with Crippen LogP contribution < -0.4 is 15.4 Å². The van der Waals surface area contributed by atoms with Crippen molar-refractivity contribution in [2.45, 2.75) is 0 Å². The van der Waals surface area contributed by atoms with Crippen molar-refractivity contribution in [1.82, 2.24) is 10.3 Å². The predicted molar refractivity (Wildman–Crippen MR) is 132 cm³/mol. The lowest BCUT2D eigenvalue weighted by atomic mass is 10.2. The van der Waals surface area contributed by atoms with Gasteiger partial charge < -0.3 is 10.1 Å². The van der Waals surface area contributed by atoms with E-state index in [-0.39, 0.29) is 11.0 Å². The van der Waals surface area contributed by atoms with Crippen LogP contribution in [0.4, 0.5) is 5.13 Å². The Labute approximate surface area is 199 Å². The molecule has 4 aromatic rings.